The summed E-state index contributed by atoms with van der Waals surface area (Å²) >= 11 is 1.50. The number of nitrogens with two attached hydrogens (primary N) is 1. The average Bonchev–Trinajstić information content (AvgIpc) is 2.75. The van der Waals surface area contributed by atoms with E-state index >= 15 is 0 Å². The van der Waals surface area contributed by atoms with Gasteiger partial charge in [0, 0.05) is 10.4 Å². The van der Waals surface area contributed by atoms with E-state index < -0.39 is 0 Å². The van der Waals surface area contributed by atoms with Crippen LogP contribution in [-0.2, 0) is 0 Å². The smallest absolute Gasteiger partial charge is 0.119 e. The van der Waals surface area contributed by atoms with Gasteiger partial charge in [0.15, 0.2) is 0 Å². The molecule has 0 unspecified atom stereocenters. The maximum Gasteiger partial charge on any atom is 0.119 e. The van der Waals surface area contributed by atoms with Gasteiger partial charge in [0.1, 0.15) is 16.8 Å². The number of nitrogen functional groups attached to an aromatic ring is 1. The van der Waals surface area contributed by atoms with Gasteiger partial charge in [-0.1, -0.05) is 26.0 Å². The number of benzene rings is 1. The summed E-state index contributed by atoms with van der Waals surface area (Å²) in [5.74, 6) is 1.11. The zero-order valence-corrected chi connectivity index (χ0v) is 12.0. The molecule has 2 aromatic rings. The van der Waals surface area contributed by atoms with E-state index in [4.69, 9.17) is 10.5 Å². The molecule has 19 heavy (non-hydrogen) atoms. The monoisotopic (exact) mass is 272 g/mol. The lowest BCUT2D eigenvalue weighted by molar-refractivity contribution is 0.415. The molecular formula is C15H16N2OS. The van der Waals surface area contributed by atoms with Crippen LogP contribution in [0.2, 0.25) is 0 Å². The van der Waals surface area contributed by atoms with Gasteiger partial charge in [-0.3, -0.25) is 0 Å². The molecule has 4 heteroatoms. The van der Waals surface area contributed by atoms with Gasteiger partial charge in [-0.05, 0) is 23.6 Å². The van der Waals surface area contributed by atoms with Crippen LogP contribution >= 0.6 is 11.3 Å². The Morgan fingerprint density at radius 1 is 1.37 bits per heavy atom. The molecule has 98 valence electrons. The maximum absolute atomic E-state index is 9.33. The lowest BCUT2D eigenvalue weighted by Gasteiger charge is -2.09. The SMILES string of the molecule is COc1cccc(-c2c(C(C)C)sc(N)c2C#N)c1. The fourth-order valence-corrected chi connectivity index (χ4v) is 3.09. The zero-order valence-electron chi connectivity index (χ0n) is 11.2. The van der Waals surface area contributed by atoms with Crippen molar-refractivity contribution in [1.82, 2.24) is 0 Å². The van der Waals surface area contributed by atoms with Crippen LogP contribution in [0.3, 0.4) is 0 Å². The zero-order chi connectivity index (χ0) is 14.0. The summed E-state index contributed by atoms with van der Waals surface area (Å²) in [4.78, 5) is 1.14. The molecule has 0 amide bonds. The van der Waals surface area contributed by atoms with E-state index in [1.54, 1.807) is 7.11 Å². The second-order valence-electron chi connectivity index (χ2n) is 4.58. The van der Waals surface area contributed by atoms with Crippen molar-refractivity contribution in [3.05, 3.63) is 34.7 Å². The molecule has 1 aromatic carbocycles. The molecule has 0 spiro atoms. The van der Waals surface area contributed by atoms with Crippen molar-refractivity contribution in [2.24, 2.45) is 0 Å². The molecule has 0 atom stereocenters. The third kappa shape index (κ3) is 2.42. The summed E-state index contributed by atoms with van der Waals surface area (Å²) in [5.41, 5.74) is 8.46. The Labute approximate surface area is 117 Å². The summed E-state index contributed by atoms with van der Waals surface area (Å²) in [6.07, 6.45) is 0. The summed E-state index contributed by atoms with van der Waals surface area (Å²) < 4.78 is 5.25. The Hall–Kier alpha value is -1.99. The van der Waals surface area contributed by atoms with Crippen LogP contribution in [0.4, 0.5) is 5.00 Å². The number of nitriles is 1. The van der Waals surface area contributed by atoms with Crippen LogP contribution in [0.25, 0.3) is 11.1 Å². The lowest BCUT2D eigenvalue weighted by atomic mass is 9.97. The van der Waals surface area contributed by atoms with Crippen LogP contribution in [0.1, 0.15) is 30.2 Å². The topological polar surface area (TPSA) is 59.0 Å². The first-order valence-corrected chi connectivity index (χ1v) is 6.86. The van der Waals surface area contributed by atoms with E-state index in [2.05, 4.69) is 19.9 Å². The molecule has 0 saturated heterocycles. The van der Waals surface area contributed by atoms with Gasteiger partial charge >= 0.3 is 0 Å². The molecule has 0 aliphatic carbocycles. The van der Waals surface area contributed by atoms with E-state index in [0.29, 0.717) is 16.5 Å². The largest absolute Gasteiger partial charge is 0.497 e. The first kappa shape index (κ1) is 13.4. The summed E-state index contributed by atoms with van der Waals surface area (Å²) in [5, 5.41) is 9.91. The van der Waals surface area contributed by atoms with E-state index in [1.165, 1.54) is 11.3 Å². The molecule has 0 saturated carbocycles. The number of rotatable bonds is 3. The predicted molar refractivity (Wildman–Crippen MR) is 79.5 cm³/mol. The number of hydrogen-bond acceptors (Lipinski definition) is 4. The molecule has 0 fully saturated rings. The van der Waals surface area contributed by atoms with Crippen molar-refractivity contribution in [2.75, 3.05) is 12.8 Å². The van der Waals surface area contributed by atoms with E-state index in [9.17, 15) is 5.26 Å². The number of anilines is 1. The summed E-state index contributed by atoms with van der Waals surface area (Å²) in [6, 6.07) is 9.95. The fourth-order valence-electron chi connectivity index (χ4n) is 2.05. The number of thiophene rings is 1. The van der Waals surface area contributed by atoms with Crippen LogP contribution in [0.15, 0.2) is 24.3 Å². The molecule has 0 bridgehead atoms. The standard InChI is InChI=1S/C15H16N2OS/c1-9(2)14-13(12(8-16)15(17)19-14)10-5-4-6-11(7-10)18-3/h4-7,9H,17H2,1-3H3. The van der Waals surface area contributed by atoms with Crippen LogP contribution in [-0.4, -0.2) is 7.11 Å². The van der Waals surface area contributed by atoms with Crippen molar-refractivity contribution >= 4 is 16.3 Å². The van der Waals surface area contributed by atoms with Gasteiger partial charge in [0.25, 0.3) is 0 Å². The molecule has 0 aliphatic heterocycles. The lowest BCUT2D eigenvalue weighted by Crippen LogP contribution is -1.91. The molecule has 1 aromatic heterocycles. The Bertz CT molecular complexity index is 638. The van der Waals surface area contributed by atoms with E-state index in [1.807, 2.05) is 24.3 Å². The van der Waals surface area contributed by atoms with Crippen molar-refractivity contribution < 1.29 is 4.74 Å². The van der Waals surface area contributed by atoms with Gasteiger partial charge in [-0.25, -0.2) is 0 Å². The Morgan fingerprint density at radius 2 is 2.11 bits per heavy atom. The minimum atomic E-state index is 0.329. The first-order chi connectivity index (χ1) is 9.08. The third-order valence-electron chi connectivity index (χ3n) is 2.96. The van der Waals surface area contributed by atoms with Gasteiger partial charge in [-0.15, -0.1) is 11.3 Å². The Morgan fingerprint density at radius 3 is 2.68 bits per heavy atom. The number of hydrogen-bond donors (Lipinski definition) is 1. The van der Waals surface area contributed by atoms with Crippen molar-refractivity contribution in [3.8, 4) is 22.9 Å². The molecule has 1 heterocycles. The predicted octanol–water partition coefficient (Wildman–Crippen LogP) is 4.00. The molecule has 2 rings (SSSR count). The number of nitrogens with zero attached hydrogens (tertiary/aromatic N) is 1. The molecule has 3 nitrogen and oxygen atoms in total. The van der Waals surface area contributed by atoms with Gasteiger partial charge in [0.05, 0.1) is 12.7 Å². The van der Waals surface area contributed by atoms with Gasteiger partial charge in [-0.2, -0.15) is 5.26 Å². The van der Waals surface area contributed by atoms with Crippen molar-refractivity contribution in [3.63, 3.8) is 0 Å². The summed E-state index contributed by atoms with van der Waals surface area (Å²) in [6.45, 7) is 4.21. The molecule has 0 aliphatic rings. The third-order valence-corrected chi connectivity index (χ3v) is 4.28. The quantitative estimate of drug-likeness (QED) is 0.918. The highest BCUT2D eigenvalue weighted by molar-refractivity contribution is 7.16. The first-order valence-electron chi connectivity index (χ1n) is 6.05. The van der Waals surface area contributed by atoms with Crippen LogP contribution in [0.5, 0.6) is 5.75 Å². The number of ether oxygens (including phenoxy) is 1. The maximum atomic E-state index is 9.33. The van der Waals surface area contributed by atoms with Crippen LogP contribution < -0.4 is 10.5 Å². The van der Waals surface area contributed by atoms with Gasteiger partial charge in [0.2, 0.25) is 0 Å². The van der Waals surface area contributed by atoms with Crippen LogP contribution in [0, 0.1) is 11.3 Å². The minimum Gasteiger partial charge on any atom is -0.497 e. The van der Waals surface area contributed by atoms with Crippen molar-refractivity contribution in [2.45, 2.75) is 19.8 Å². The highest BCUT2D eigenvalue weighted by atomic mass is 32.1. The molecular weight excluding hydrogens is 256 g/mol. The Balaban J connectivity index is 2.69. The average molecular weight is 272 g/mol. The van der Waals surface area contributed by atoms with E-state index in [0.717, 1.165) is 21.8 Å². The van der Waals surface area contributed by atoms with Gasteiger partial charge < -0.3 is 10.5 Å². The minimum absolute atomic E-state index is 0.329. The van der Waals surface area contributed by atoms with Crippen molar-refractivity contribution in [1.29, 1.82) is 5.26 Å². The number of methoxy groups -OCH3 is 1. The second kappa shape index (κ2) is 5.33. The molecule has 2 N–H and O–H groups in total. The second-order valence-corrected chi connectivity index (χ2v) is 5.66. The highest BCUT2D eigenvalue weighted by Crippen LogP contribution is 2.42. The Kier molecular flexibility index (Phi) is 3.77. The van der Waals surface area contributed by atoms with E-state index in [-0.39, 0.29) is 0 Å². The molecule has 0 radical (unpaired) electrons. The fraction of sp³-hybridized carbons (Fsp3) is 0.267. The summed E-state index contributed by atoms with van der Waals surface area (Å²) in [7, 11) is 1.63. The highest BCUT2D eigenvalue weighted by Gasteiger charge is 2.20. The normalized spacial score (nSPS) is 10.5.